The van der Waals surface area contributed by atoms with Gasteiger partial charge in [-0.3, -0.25) is 14.8 Å². The van der Waals surface area contributed by atoms with Crippen LogP contribution in [-0.2, 0) is 28.3 Å². The lowest BCUT2D eigenvalue weighted by Gasteiger charge is -2.54. The number of hydrogen-bond acceptors (Lipinski definition) is 6. The summed E-state index contributed by atoms with van der Waals surface area (Å²) < 4.78 is 32.4. The number of para-hydroxylation sites is 1. The van der Waals surface area contributed by atoms with E-state index in [1.807, 2.05) is 12.1 Å². The highest BCUT2D eigenvalue weighted by molar-refractivity contribution is 7.91. The van der Waals surface area contributed by atoms with E-state index in [0.717, 1.165) is 50.0 Å². The number of piperidine rings is 1. The van der Waals surface area contributed by atoms with Crippen LogP contribution in [0, 0.1) is 11.8 Å². The largest absolute Gasteiger partial charge is 0.457 e. The van der Waals surface area contributed by atoms with E-state index in [1.54, 1.807) is 35.4 Å². The number of sulfone groups is 1. The van der Waals surface area contributed by atoms with Crippen molar-refractivity contribution >= 4 is 9.84 Å². The molecule has 7 heteroatoms. The molecule has 1 unspecified atom stereocenters. The van der Waals surface area contributed by atoms with Gasteiger partial charge in [0, 0.05) is 43.0 Å². The summed E-state index contributed by atoms with van der Waals surface area (Å²) in [5.74, 6) is 2.90. The average molecular weight is 636 g/mol. The number of likely N-dealkylation sites (tertiary alicyclic amines) is 1. The van der Waals surface area contributed by atoms with E-state index in [0.29, 0.717) is 11.7 Å². The molecule has 240 valence electrons. The van der Waals surface area contributed by atoms with Crippen molar-refractivity contribution in [3.05, 3.63) is 114 Å². The number of likely N-dealkylation sites (N-methyl/N-ethyl adjacent to an activating group) is 1. The number of ether oxygens (including phenoxy) is 1. The van der Waals surface area contributed by atoms with Gasteiger partial charge in [-0.1, -0.05) is 62.2 Å². The van der Waals surface area contributed by atoms with Gasteiger partial charge in [-0.25, -0.2) is 8.42 Å². The highest BCUT2D eigenvalue weighted by Crippen LogP contribution is 2.53. The second kappa shape index (κ2) is 13.3. The Morgan fingerprint density at radius 1 is 0.783 bits per heavy atom. The first kappa shape index (κ1) is 31.1. The molecule has 1 aromatic heterocycles. The van der Waals surface area contributed by atoms with Gasteiger partial charge in [-0.05, 0) is 111 Å². The topological polar surface area (TPSA) is 62.7 Å². The van der Waals surface area contributed by atoms with Crippen LogP contribution in [0.3, 0.4) is 0 Å². The number of fused-ring (bicyclic) bond motifs is 1. The quantitative estimate of drug-likeness (QED) is 0.187. The fourth-order valence-electron chi connectivity index (χ4n) is 8.61. The van der Waals surface area contributed by atoms with Gasteiger partial charge in [0.15, 0.2) is 0 Å². The number of aromatic nitrogens is 1. The monoisotopic (exact) mass is 635 g/mol. The van der Waals surface area contributed by atoms with Crippen LogP contribution in [-0.4, -0.2) is 49.4 Å². The van der Waals surface area contributed by atoms with E-state index in [1.165, 1.54) is 69.6 Å². The van der Waals surface area contributed by atoms with Crippen molar-refractivity contribution < 1.29 is 13.2 Å². The van der Waals surface area contributed by atoms with Gasteiger partial charge >= 0.3 is 0 Å². The van der Waals surface area contributed by atoms with Crippen molar-refractivity contribution in [2.45, 2.75) is 73.7 Å². The van der Waals surface area contributed by atoms with Crippen molar-refractivity contribution in [2.24, 2.45) is 11.8 Å². The molecule has 3 aliphatic rings. The Kier molecular flexibility index (Phi) is 8.99. The summed E-state index contributed by atoms with van der Waals surface area (Å²) in [6, 6.07) is 27.3. The van der Waals surface area contributed by atoms with Gasteiger partial charge in [0.2, 0.25) is 9.84 Å². The zero-order valence-electron chi connectivity index (χ0n) is 26.9. The smallest absolute Gasteiger partial charge is 0.206 e. The average Bonchev–Trinajstić information content (AvgIpc) is 3.65. The van der Waals surface area contributed by atoms with Gasteiger partial charge in [0.1, 0.15) is 11.5 Å². The SMILES string of the molecule is CCN1Cc2ccccc2C(C2CCCC2)(C2CCN(Cc3ccccc3Oc3ccc(S(=O)(=O)c4ccncc4)cc3)CC2)C1. The molecule has 0 N–H and O–H groups in total. The summed E-state index contributed by atoms with van der Waals surface area (Å²) in [4.78, 5) is 9.70. The summed E-state index contributed by atoms with van der Waals surface area (Å²) in [6.45, 7) is 8.74. The van der Waals surface area contributed by atoms with Crippen molar-refractivity contribution in [2.75, 3.05) is 26.2 Å². The maximum Gasteiger partial charge on any atom is 0.206 e. The summed E-state index contributed by atoms with van der Waals surface area (Å²) in [5, 5.41) is 0. The molecule has 1 saturated carbocycles. The molecule has 0 radical (unpaired) electrons. The molecule has 0 spiro atoms. The van der Waals surface area contributed by atoms with Crippen molar-refractivity contribution in [1.82, 2.24) is 14.8 Å². The Morgan fingerprint density at radius 3 is 2.17 bits per heavy atom. The van der Waals surface area contributed by atoms with E-state index in [9.17, 15) is 8.42 Å². The summed E-state index contributed by atoms with van der Waals surface area (Å²) in [6.07, 6.45) is 10.9. The van der Waals surface area contributed by atoms with Gasteiger partial charge in [-0.2, -0.15) is 0 Å². The zero-order chi connectivity index (χ0) is 31.6. The number of pyridine rings is 1. The van der Waals surface area contributed by atoms with Crippen molar-refractivity contribution in [3.63, 3.8) is 0 Å². The zero-order valence-corrected chi connectivity index (χ0v) is 27.7. The van der Waals surface area contributed by atoms with Crippen LogP contribution < -0.4 is 4.74 Å². The van der Waals surface area contributed by atoms with Crippen LogP contribution in [0.1, 0.15) is 62.1 Å². The fourth-order valence-corrected chi connectivity index (χ4v) is 9.86. The molecule has 0 bridgehead atoms. The molecule has 1 atom stereocenters. The molecule has 46 heavy (non-hydrogen) atoms. The minimum Gasteiger partial charge on any atom is -0.457 e. The Bertz CT molecular complexity index is 1730. The molecule has 6 nitrogen and oxygen atoms in total. The Labute approximate surface area is 274 Å². The van der Waals surface area contributed by atoms with Crippen LogP contribution in [0.2, 0.25) is 0 Å². The summed E-state index contributed by atoms with van der Waals surface area (Å²) >= 11 is 0. The van der Waals surface area contributed by atoms with Crippen LogP contribution in [0.25, 0.3) is 0 Å². The predicted octanol–water partition coefficient (Wildman–Crippen LogP) is 7.88. The van der Waals surface area contributed by atoms with E-state index in [-0.39, 0.29) is 15.2 Å². The van der Waals surface area contributed by atoms with Crippen LogP contribution in [0.4, 0.5) is 0 Å². The molecule has 7 rings (SSSR count). The molecule has 2 aliphatic heterocycles. The molecule has 0 amide bonds. The molecule has 4 aromatic rings. The first-order valence-electron chi connectivity index (χ1n) is 17.0. The Hall–Kier alpha value is -3.52. The van der Waals surface area contributed by atoms with Gasteiger partial charge in [0.25, 0.3) is 0 Å². The fraction of sp³-hybridized carbons (Fsp3) is 0.410. The third-order valence-electron chi connectivity index (χ3n) is 10.9. The standard InChI is InChI=1S/C39H45N3O3S/c1-2-41-27-30-9-3-7-13-37(30)39(29-41,32-11-5-6-12-32)33-21-25-42(26-22-33)28-31-10-4-8-14-38(31)45-34-15-17-35(18-16-34)46(43,44)36-19-23-40-24-20-36/h3-4,7-10,13-20,23-24,32-33H,2,5-6,11-12,21-22,25-29H2,1H3. The minimum absolute atomic E-state index is 0.231. The number of benzene rings is 3. The summed E-state index contributed by atoms with van der Waals surface area (Å²) in [7, 11) is -3.60. The highest BCUT2D eigenvalue weighted by atomic mass is 32.2. The second-order valence-corrected chi connectivity index (χ2v) is 15.3. The minimum atomic E-state index is -3.60. The van der Waals surface area contributed by atoms with Crippen LogP contribution in [0.15, 0.2) is 107 Å². The Balaban J connectivity index is 1.05. The normalized spacial score (nSPS) is 21.7. The first-order valence-corrected chi connectivity index (χ1v) is 18.5. The number of rotatable bonds is 9. The van der Waals surface area contributed by atoms with Crippen LogP contribution in [0.5, 0.6) is 11.5 Å². The predicted molar refractivity (Wildman–Crippen MR) is 182 cm³/mol. The first-order chi connectivity index (χ1) is 22.5. The molecule has 1 aliphatic carbocycles. The van der Waals surface area contributed by atoms with E-state index >= 15 is 0 Å². The van der Waals surface area contributed by atoms with Crippen molar-refractivity contribution in [1.29, 1.82) is 0 Å². The number of nitrogens with zero attached hydrogens (tertiary/aromatic N) is 3. The van der Waals surface area contributed by atoms with E-state index in [4.69, 9.17) is 4.74 Å². The molecular weight excluding hydrogens is 591 g/mol. The maximum absolute atomic E-state index is 13.0. The van der Waals surface area contributed by atoms with Gasteiger partial charge in [0.05, 0.1) is 9.79 Å². The molecule has 2 fully saturated rings. The molecule has 3 heterocycles. The lowest BCUT2D eigenvalue weighted by atomic mass is 9.57. The summed E-state index contributed by atoms with van der Waals surface area (Å²) in [5.41, 5.74) is 4.62. The van der Waals surface area contributed by atoms with Crippen molar-refractivity contribution in [3.8, 4) is 11.5 Å². The number of hydrogen-bond donors (Lipinski definition) is 0. The Morgan fingerprint density at radius 2 is 1.43 bits per heavy atom. The van der Waals surface area contributed by atoms with E-state index in [2.05, 4.69) is 58.1 Å². The molecule has 1 saturated heterocycles. The van der Waals surface area contributed by atoms with Crippen LogP contribution >= 0.6 is 0 Å². The highest BCUT2D eigenvalue weighted by Gasteiger charge is 2.51. The third kappa shape index (κ3) is 6.01. The third-order valence-corrected chi connectivity index (χ3v) is 12.7. The second-order valence-electron chi connectivity index (χ2n) is 13.4. The van der Waals surface area contributed by atoms with E-state index < -0.39 is 9.84 Å². The van der Waals surface area contributed by atoms with Gasteiger partial charge < -0.3 is 4.74 Å². The maximum atomic E-state index is 13.0. The lowest BCUT2D eigenvalue weighted by molar-refractivity contribution is 0.0385. The van der Waals surface area contributed by atoms with Gasteiger partial charge in [-0.15, -0.1) is 0 Å². The molecule has 3 aromatic carbocycles. The molecular formula is C39H45N3O3S. The lowest BCUT2D eigenvalue weighted by Crippen LogP contribution is -2.56.